The van der Waals surface area contributed by atoms with Crippen LogP contribution >= 0.6 is 11.3 Å². The van der Waals surface area contributed by atoms with E-state index in [1.165, 1.54) is 11.3 Å². The number of carboxylic acids is 1. The molecule has 1 aliphatic rings. The summed E-state index contributed by atoms with van der Waals surface area (Å²) in [5.41, 5.74) is 0. The summed E-state index contributed by atoms with van der Waals surface area (Å²) < 4.78 is 5.55. The number of carbonyl (C=O) groups is 2. The van der Waals surface area contributed by atoms with Gasteiger partial charge in [-0.05, 0) is 50.5 Å². The van der Waals surface area contributed by atoms with E-state index >= 15 is 0 Å². The molecule has 1 amide bonds. The van der Waals surface area contributed by atoms with Gasteiger partial charge in [0.1, 0.15) is 11.5 Å². The molecule has 1 saturated carbocycles. The average molecular weight is 319 g/mol. The summed E-state index contributed by atoms with van der Waals surface area (Å²) in [7, 11) is 0. The molecule has 1 fully saturated rings. The van der Waals surface area contributed by atoms with Crippen molar-refractivity contribution in [3.05, 3.63) is 34.9 Å². The highest BCUT2D eigenvalue weighted by Gasteiger charge is 2.30. The number of furan rings is 1. The van der Waals surface area contributed by atoms with E-state index in [1.807, 2.05) is 25.1 Å². The zero-order valence-corrected chi connectivity index (χ0v) is 13.0. The van der Waals surface area contributed by atoms with Gasteiger partial charge in [0.25, 0.3) is 5.91 Å². The predicted octanol–water partition coefficient (Wildman–Crippen LogP) is 3.30. The first-order chi connectivity index (χ1) is 10.5. The summed E-state index contributed by atoms with van der Waals surface area (Å²) in [5, 5.41) is 11.9. The van der Waals surface area contributed by atoms with Crippen molar-refractivity contribution in [2.24, 2.45) is 5.92 Å². The molecule has 0 aromatic carbocycles. The van der Waals surface area contributed by atoms with Crippen LogP contribution in [0.3, 0.4) is 0 Å². The lowest BCUT2D eigenvalue weighted by molar-refractivity contribution is -0.141. The minimum atomic E-state index is -0.775. The van der Waals surface area contributed by atoms with Crippen LogP contribution in [0.15, 0.2) is 28.7 Å². The van der Waals surface area contributed by atoms with Crippen molar-refractivity contribution in [1.82, 2.24) is 5.32 Å². The zero-order valence-electron chi connectivity index (χ0n) is 12.2. The Morgan fingerprint density at radius 3 is 2.73 bits per heavy atom. The molecule has 6 heteroatoms. The van der Waals surface area contributed by atoms with Crippen LogP contribution in [0.5, 0.6) is 0 Å². The Hall–Kier alpha value is -2.08. The maximum absolute atomic E-state index is 12.2. The lowest BCUT2D eigenvalue weighted by atomic mass is 10.1. The summed E-state index contributed by atoms with van der Waals surface area (Å²) in [6, 6.07) is 7.37. The molecule has 22 heavy (non-hydrogen) atoms. The second-order valence-corrected chi connectivity index (χ2v) is 6.68. The van der Waals surface area contributed by atoms with Gasteiger partial charge in [-0.2, -0.15) is 0 Å². The number of hydrogen-bond donors (Lipinski definition) is 2. The normalized spacial score (nSPS) is 21.0. The van der Waals surface area contributed by atoms with E-state index < -0.39 is 5.97 Å². The van der Waals surface area contributed by atoms with Gasteiger partial charge in [0.05, 0.1) is 15.7 Å². The van der Waals surface area contributed by atoms with Crippen LogP contribution in [0.25, 0.3) is 10.6 Å². The largest absolute Gasteiger partial charge is 0.481 e. The second kappa shape index (κ2) is 5.96. The Morgan fingerprint density at radius 2 is 2.09 bits per heavy atom. The zero-order chi connectivity index (χ0) is 15.7. The summed E-state index contributed by atoms with van der Waals surface area (Å²) >= 11 is 1.38. The average Bonchev–Trinajstić information content (AvgIpc) is 3.16. The van der Waals surface area contributed by atoms with E-state index in [9.17, 15) is 9.59 Å². The molecule has 0 radical (unpaired) electrons. The summed E-state index contributed by atoms with van der Waals surface area (Å²) in [5.74, 6) is 0.336. The highest BCUT2D eigenvalue weighted by Crippen LogP contribution is 2.30. The lowest BCUT2D eigenvalue weighted by Gasteiger charge is -2.11. The first kappa shape index (κ1) is 14.8. The number of rotatable bonds is 4. The number of amides is 1. The minimum absolute atomic E-state index is 0.0509. The molecule has 0 bridgehead atoms. The van der Waals surface area contributed by atoms with Gasteiger partial charge in [0, 0.05) is 6.04 Å². The van der Waals surface area contributed by atoms with Gasteiger partial charge in [-0.1, -0.05) is 0 Å². The topological polar surface area (TPSA) is 79.5 Å². The monoisotopic (exact) mass is 319 g/mol. The van der Waals surface area contributed by atoms with Gasteiger partial charge < -0.3 is 14.8 Å². The van der Waals surface area contributed by atoms with Crippen molar-refractivity contribution in [1.29, 1.82) is 0 Å². The van der Waals surface area contributed by atoms with Crippen molar-refractivity contribution in [3.63, 3.8) is 0 Å². The van der Waals surface area contributed by atoms with Crippen molar-refractivity contribution in [3.8, 4) is 10.6 Å². The van der Waals surface area contributed by atoms with E-state index in [2.05, 4.69) is 5.32 Å². The molecule has 3 rings (SSSR count). The molecule has 0 unspecified atom stereocenters. The van der Waals surface area contributed by atoms with Crippen LogP contribution in [0.1, 0.15) is 34.7 Å². The quantitative estimate of drug-likeness (QED) is 0.906. The third-order valence-corrected chi connectivity index (χ3v) is 5.03. The van der Waals surface area contributed by atoms with Crippen molar-refractivity contribution in [2.45, 2.75) is 32.2 Å². The SMILES string of the molecule is Cc1ccc(-c2ccc(C(=O)N[C@@H]3CC[C@H](C(=O)O)C3)s2)o1. The molecule has 0 saturated heterocycles. The molecule has 2 atom stereocenters. The van der Waals surface area contributed by atoms with Crippen LogP contribution < -0.4 is 5.32 Å². The molecular formula is C16H17NO4S. The van der Waals surface area contributed by atoms with Gasteiger partial charge in [0.15, 0.2) is 0 Å². The number of carbonyl (C=O) groups excluding carboxylic acids is 1. The van der Waals surface area contributed by atoms with Crippen LogP contribution in [-0.4, -0.2) is 23.0 Å². The number of hydrogen-bond acceptors (Lipinski definition) is 4. The smallest absolute Gasteiger partial charge is 0.306 e. The summed E-state index contributed by atoms with van der Waals surface area (Å²) in [4.78, 5) is 24.7. The van der Waals surface area contributed by atoms with Gasteiger partial charge in [-0.25, -0.2) is 0 Å². The molecule has 116 valence electrons. The van der Waals surface area contributed by atoms with E-state index in [1.54, 1.807) is 6.07 Å². The lowest BCUT2D eigenvalue weighted by Crippen LogP contribution is -2.32. The fourth-order valence-corrected chi connectivity index (χ4v) is 3.62. The molecule has 0 spiro atoms. The number of aliphatic carboxylic acids is 1. The van der Waals surface area contributed by atoms with Crippen molar-refractivity contribution >= 4 is 23.2 Å². The molecule has 2 N–H and O–H groups in total. The predicted molar refractivity (Wildman–Crippen MR) is 83.0 cm³/mol. The van der Waals surface area contributed by atoms with Gasteiger partial charge in [-0.3, -0.25) is 9.59 Å². The van der Waals surface area contributed by atoms with Crippen LogP contribution in [0, 0.1) is 12.8 Å². The fourth-order valence-electron chi connectivity index (χ4n) is 2.75. The highest BCUT2D eigenvalue weighted by molar-refractivity contribution is 7.17. The van der Waals surface area contributed by atoms with Crippen LogP contribution in [-0.2, 0) is 4.79 Å². The molecule has 0 aliphatic heterocycles. The number of carboxylic acid groups (broad SMARTS) is 1. The molecule has 2 aromatic rings. The van der Waals surface area contributed by atoms with Gasteiger partial charge >= 0.3 is 5.97 Å². The number of aryl methyl sites for hydroxylation is 1. The highest BCUT2D eigenvalue weighted by atomic mass is 32.1. The Balaban J connectivity index is 1.64. The maximum Gasteiger partial charge on any atom is 0.306 e. The summed E-state index contributed by atoms with van der Waals surface area (Å²) in [6.07, 6.45) is 1.86. The number of thiophene rings is 1. The van der Waals surface area contributed by atoms with Crippen molar-refractivity contribution in [2.75, 3.05) is 0 Å². The molecule has 5 nitrogen and oxygen atoms in total. The Kier molecular flexibility index (Phi) is 4.02. The van der Waals surface area contributed by atoms with Gasteiger partial charge in [0.2, 0.25) is 0 Å². The van der Waals surface area contributed by atoms with Crippen molar-refractivity contribution < 1.29 is 19.1 Å². The fraction of sp³-hybridized carbons (Fsp3) is 0.375. The molecule has 2 heterocycles. The number of nitrogens with one attached hydrogen (secondary N) is 1. The van der Waals surface area contributed by atoms with E-state index in [0.717, 1.165) is 22.8 Å². The first-order valence-electron chi connectivity index (χ1n) is 7.23. The second-order valence-electron chi connectivity index (χ2n) is 5.59. The standard InChI is InChI=1S/C16H17NO4S/c1-9-2-5-12(21-9)13-6-7-14(22-13)15(18)17-11-4-3-10(8-11)16(19)20/h2,5-7,10-11H,3-4,8H2,1H3,(H,17,18)(H,19,20)/t10-,11+/m0/s1. The maximum atomic E-state index is 12.2. The minimum Gasteiger partial charge on any atom is -0.481 e. The first-order valence-corrected chi connectivity index (χ1v) is 8.05. The van der Waals surface area contributed by atoms with E-state index in [4.69, 9.17) is 9.52 Å². The third-order valence-electron chi connectivity index (χ3n) is 3.93. The van der Waals surface area contributed by atoms with Gasteiger partial charge in [-0.15, -0.1) is 11.3 Å². The summed E-state index contributed by atoms with van der Waals surface area (Å²) in [6.45, 7) is 1.88. The van der Waals surface area contributed by atoms with E-state index in [0.29, 0.717) is 17.7 Å². The molecular weight excluding hydrogens is 302 g/mol. The third kappa shape index (κ3) is 3.06. The van der Waals surface area contributed by atoms with Crippen LogP contribution in [0.4, 0.5) is 0 Å². The Labute approximate surface area is 132 Å². The molecule has 2 aromatic heterocycles. The Bertz CT molecular complexity index is 703. The molecule has 1 aliphatic carbocycles. The Morgan fingerprint density at radius 1 is 1.27 bits per heavy atom. The van der Waals surface area contributed by atoms with E-state index in [-0.39, 0.29) is 17.9 Å². The van der Waals surface area contributed by atoms with Crippen LogP contribution in [0.2, 0.25) is 0 Å².